The highest BCUT2D eigenvalue weighted by Gasteiger charge is 2.36. The number of hydrogen-bond acceptors (Lipinski definition) is 4. The number of morpholine rings is 1. The second kappa shape index (κ2) is 9.77. The van der Waals surface area contributed by atoms with Crippen molar-refractivity contribution >= 4 is 29.1 Å². The molecule has 2 aromatic rings. The van der Waals surface area contributed by atoms with Crippen molar-refractivity contribution in [1.82, 2.24) is 10.2 Å². The summed E-state index contributed by atoms with van der Waals surface area (Å²) in [6.07, 6.45) is 0.149. The molecule has 0 spiro atoms. The maximum absolute atomic E-state index is 13.4. The number of rotatable bonds is 6. The maximum atomic E-state index is 13.4. The van der Waals surface area contributed by atoms with Crippen molar-refractivity contribution in [1.29, 1.82) is 0 Å². The van der Waals surface area contributed by atoms with Crippen molar-refractivity contribution in [2.45, 2.75) is 12.5 Å². The largest absolute Gasteiger partial charge is 0.379 e. The first-order valence-electron chi connectivity index (χ1n) is 10.4. The lowest BCUT2D eigenvalue weighted by atomic mass is 10.0. The van der Waals surface area contributed by atoms with E-state index in [1.807, 2.05) is 6.07 Å². The van der Waals surface area contributed by atoms with E-state index >= 15 is 0 Å². The Bertz CT molecular complexity index is 934. The molecule has 1 N–H and O–H groups in total. The summed E-state index contributed by atoms with van der Waals surface area (Å²) in [6, 6.07) is 13.4. The van der Waals surface area contributed by atoms with Gasteiger partial charge < -0.3 is 15.0 Å². The van der Waals surface area contributed by atoms with Crippen LogP contribution >= 0.6 is 11.6 Å². The molecule has 2 fully saturated rings. The minimum absolute atomic E-state index is 0.0924. The van der Waals surface area contributed by atoms with Gasteiger partial charge in [0.2, 0.25) is 11.8 Å². The Balaban J connectivity index is 1.42. The SMILES string of the molecule is O=C(NCC(c1ccc(F)cc1)N1CCOCC1)C1CC(=O)N(c2ccccc2Cl)C1. The Kier molecular flexibility index (Phi) is 6.85. The van der Waals surface area contributed by atoms with Crippen molar-refractivity contribution in [2.75, 3.05) is 44.3 Å². The number of para-hydroxylation sites is 1. The van der Waals surface area contributed by atoms with Gasteiger partial charge in [-0.05, 0) is 29.8 Å². The number of nitrogens with one attached hydrogen (secondary N) is 1. The van der Waals surface area contributed by atoms with E-state index in [1.54, 1.807) is 35.2 Å². The highest BCUT2D eigenvalue weighted by Crippen LogP contribution is 2.31. The summed E-state index contributed by atoms with van der Waals surface area (Å²) in [4.78, 5) is 29.2. The zero-order valence-electron chi connectivity index (χ0n) is 17.1. The number of halogens is 2. The molecule has 0 aliphatic carbocycles. The first-order valence-corrected chi connectivity index (χ1v) is 10.8. The Hall–Kier alpha value is -2.48. The normalized spacial score (nSPS) is 20.6. The third kappa shape index (κ3) is 5.06. The number of carbonyl (C=O) groups is 2. The molecule has 2 aliphatic heterocycles. The van der Waals surface area contributed by atoms with Crippen LogP contribution in [0.25, 0.3) is 0 Å². The molecular formula is C23H25ClFN3O3. The topological polar surface area (TPSA) is 61.9 Å². The van der Waals surface area contributed by atoms with E-state index in [9.17, 15) is 14.0 Å². The molecule has 0 radical (unpaired) electrons. The molecule has 2 saturated heterocycles. The van der Waals surface area contributed by atoms with Crippen LogP contribution in [0.15, 0.2) is 48.5 Å². The molecule has 2 aromatic carbocycles. The predicted molar refractivity (Wildman–Crippen MR) is 116 cm³/mol. The molecular weight excluding hydrogens is 421 g/mol. The number of benzene rings is 2. The summed E-state index contributed by atoms with van der Waals surface area (Å²) in [6.45, 7) is 3.39. The third-order valence-corrected chi connectivity index (χ3v) is 6.17. The number of anilines is 1. The first-order chi connectivity index (χ1) is 15.0. The predicted octanol–water partition coefficient (Wildman–Crippen LogP) is 3.02. The van der Waals surface area contributed by atoms with Crippen LogP contribution in [0.1, 0.15) is 18.0 Å². The van der Waals surface area contributed by atoms with E-state index in [1.165, 1.54) is 12.1 Å². The van der Waals surface area contributed by atoms with Crippen molar-refractivity contribution in [3.8, 4) is 0 Å². The summed E-state index contributed by atoms with van der Waals surface area (Å²) >= 11 is 6.23. The summed E-state index contributed by atoms with van der Waals surface area (Å²) < 4.78 is 18.8. The molecule has 2 amide bonds. The van der Waals surface area contributed by atoms with Gasteiger partial charge in [0.15, 0.2) is 0 Å². The average molecular weight is 446 g/mol. The molecule has 2 heterocycles. The highest BCUT2D eigenvalue weighted by molar-refractivity contribution is 6.33. The van der Waals surface area contributed by atoms with Gasteiger partial charge in [0.05, 0.1) is 35.9 Å². The van der Waals surface area contributed by atoms with Gasteiger partial charge in [-0.25, -0.2) is 4.39 Å². The fourth-order valence-corrected chi connectivity index (χ4v) is 4.40. The minimum atomic E-state index is -0.442. The molecule has 2 aliphatic rings. The quantitative estimate of drug-likeness (QED) is 0.742. The average Bonchev–Trinajstić information content (AvgIpc) is 3.17. The van der Waals surface area contributed by atoms with Crippen molar-refractivity contribution < 1.29 is 18.7 Å². The number of nitrogens with zero attached hydrogens (tertiary/aromatic N) is 2. The molecule has 0 saturated carbocycles. The molecule has 164 valence electrons. The van der Waals surface area contributed by atoms with E-state index in [4.69, 9.17) is 16.3 Å². The lowest BCUT2D eigenvalue weighted by Crippen LogP contribution is -2.45. The van der Waals surface area contributed by atoms with E-state index in [0.29, 0.717) is 37.0 Å². The van der Waals surface area contributed by atoms with Gasteiger partial charge >= 0.3 is 0 Å². The fraction of sp³-hybridized carbons (Fsp3) is 0.391. The first kappa shape index (κ1) is 21.7. The van der Waals surface area contributed by atoms with Gasteiger partial charge in [0.25, 0.3) is 0 Å². The summed E-state index contributed by atoms with van der Waals surface area (Å²) in [7, 11) is 0. The second-order valence-corrected chi connectivity index (χ2v) is 8.22. The summed E-state index contributed by atoms with van der Waals surface area (Å²) in [5.74, 6) is -1.01. The molecule has 2 atom stereocenters. The van der Waals surface area contributed by atoms with Crippen LogP contribution < -0.4 is 10.2 Å². The van der Waals surface area contributed by atoms with Crippen LogP contribution in [-0.4, -0.2) is 56.1 Å². The smallest absolute Gasteiger partial charge is 0.227 e. The zero-order valence-corrected chi connectivity index (χ0v) is 17.9. The van der Waals surface area contributed by atoms with Crippen molar-refractivity contribution in [3.63, 3.8) is 0 Å². The van der Waals surface area contributed by atoms with Crippen LogP contribution in [0.3, 0.4) is 0 Å². The second-order valence-electron chi connectivity index (χ2n) is 7.82. The lowest BCUT2D eigenvalue weighted by Gasteiger charge is -2.35. The molecule has 2 unspecified atom stereocenters. The molecule has 4 rings (SSSR count). The Morgan fingerprint density at radius 3 is 2.58 bits per heavy atom. The van der Waals surface area contributed by atoms with Gasteiger partial charge in [-0.2, -0.15) is 0 Å². The molecule has 8 heteroatoms. The van der Waals surface area contributed by atoms with Crippen LogP contribution in [0, 0.1) is 11.7 Å². The Morgan fingerprint density at radius 2 is 1.87 bits per heavy atom. The number of amides is 2. The van der Waals surface area contributed by atoms with E-state index in [-0.39, 0.29) is 30.1 Å². The van der Waals surface area contributed by atoms with Crippen LogP contribution in [0.2, 0.25) is 5.02 Å². The lowest BCUT2D eigenvalue weighted by molar-refractivity contribution is -0.126. The highest BCUT2D eigenvalue weighted by atomic mass is 35.5. The van der Waals surface area contributed by atoms with Crippen LogP contribution in [-0.2, 0) is 14.3 Å². The van der Waals surface area contributed by atoms with Gasteiger partial charge in [-0.15, -0.1) is 0 Å². The number of carbonyl (C=O) groups excluding carboxylic acids is 2. The summed E-state index contributed by atoms with van der Waals surface area (Å²) in [5.41, 5.74) is 1.56. The van der Waals surface area contributed by atoms with Crippen molar-refractivity contribution in [2.24, 2.45) is 5.92 Å². The minimum Gasteiger partial charge on any atom is -0.379 e. The van der Waals surface area contributed by atoms with E-state index < -0.39 is 5.92 Å². The van der Waals surface area contributed by atoms with Gasteiger partial charge in [-0.3, -0.25) is 14.5 Å². The van der Waals surface area contributed by atoms with Gasteiger partial charge in [-0.1, -0.05) is 35.9 Å². The standard InChI is InChI=1S/C23H25ClFN3O3/c24-19-3-1-2-4-20(19)28-15-17(13-22(28)29)23(30)26-14-21(27-9-11-31-12-10-27)16-5-7-18(25)8-6-16/h1-8,17,21H,9-15H2,(H,26,30). The molecule has 0 bridgehead atoms. The van der Waals surface area contributed by atoms with Crippen molar-refractivity contribution in [3.05, 3.63) is 64.9 Å². The van der Waals surface area contributed by atoms with E-state index in [0.717, 1.165) is 18.7 Å². The fourth-order valence-electron chi connectivity index (χ4n) is 4.16. The number of hydrogen-bond donors (Lipinski definition) is 1. The summed E-state index contributed by atoms with van der Waals surface area (Å²) in [5, 5.41) is 3.50. The Labute approximate surface area is 185 Å². The Morgan fingerprint density at radius 1 is 1.16 bits per heavy atom. The van der Waals surface area contributed by atoms with Crippen LogP contribution in [0.5, 0.6) is 0 Å². The number of ether oxygens (including phenoxy) is 1. The van der Waals surface area contributed by atoms with Gasteiger partial charge in [0, 0.05) is 32.6 Å². The molecule has 31 heavy (non-hydrogen) atoms. The zero-order chi connectivity index (χ0) is 21.8. The molecule has 6 nitrogen and oxygen atoms in total. The third-order valence-electron chi connectivity index (χ3n) is 5.85. The van der Waals surface area contributed by atoms with Crippen LogP contribution in [0.4, 0.5) is 10.1 Å². The van der Waals surface area contributed by atoms with Gasteiger partial charge in [0.1, 0.15) is 5.82 Å². The maximum Gasteiger partial charge on any atom is 0.227 e. The molecule has 0 aromatic heterocycles. The van der Waals surface area contributed by atoms with E-state index in [2.05, 4.69) is 10.2 Å². The monoisotopic (exact) mass is 445 g/mol.